The van der Waals surface area contributed by atoms with Gasteiger partial charge in [0.05, 0.1) is 0 Å². The van der Waals surface area contributed by atoms with Gasteiger partial charge in [-0.05, 0) is 12.1 Å². The molecular weight excluding hydrogens is 324 g/mol. The summed E-state index contributed by atoms with van der Waals surface area (Å²) in [4.78, 5) is 0.518. The van der Waals surface area contributed by atoms with E-state index in [-0.39, 0.29) is 20.9 Å². The molecule has 7 heteroatoms. The summed E-state index contributed by atoms with van der Waals surface area (Å²) in [5.41, 5.74) is -0.296. The van der Waals surface area contributed by atoms with Crippen LogP contribution in [-0.2, 0) is 3.63 Å². The fourth-order valence-corrected chi connectivity index (χ4v) is 3.06. The summed E-state index contributed by atoms with van der Waals surface area (Å²) in [6.07, 6.45) is -5.23. The van der Waals surface area contributed by atoms with Crippen molar-refractivity contribution in [2.75, 3.05) is 0 Å². The average molecular weight is 334 g/mol. The predicted octanol–water partition coefficient (Wildman–Crippen LogP) is 6.29. The molecule has 0 heterocycles. The van der Waals surface area contributed by atoms with E-state index in [1.807, 2.05) is 0 Å². The molecule has 0 spiro atoms. The SMILES string of the molecule is FC(F)c1ccccc1SOSc1ccccc1C(F)F. The van der Waals surface area contributed by atoms with Crippen molar-refractivity contribution in [3.8, 4) is 0 Å². The van der Waals surface area contributed by atoms with Crippen molar-refractivity contribution < 1.29 is 21.2 Å². The van der Waals surface area contributed by atoms with Crippen LogP contribution in [0.25, 0.3) is 0 Å². The maximum absolute atomic E-state index is 12.8. The first-order valence-corrected chi connectivity index (χ1v) is 7.33. The van der Waals surface area contributed by atoms with Crippen LogP contribution < -0.4 is 0 Å². The third-order valence-corrected chi connectivity index (χ3v) is 4.20. The molecule has 0 aromatic heterocycles. The third-order valence-electron chi connectivity index (χ3n) is 2.56. The van der Waals surface area contributed by atoms with Gasteiger partial charge >= 0.3 is 0 Å². The van der Waals surface area contributed by atoms with E-state index < -0.39 is 12.9 Å². The van der Waals surface area contributed by atoms with Crippen molar-refractivity contribution >= 4 is 24.1 Å². The molecule has 0 aliphatic carbocycles. The summed E-state index contributed by atoms with van der Waals surface area (Å²) in [5.74, 6) is 0. The summed E-state index contributed by atoms with van der Waals surface area (Å²) in [6.45, 7) is 0. The van der Waals surface area contributed by atoms with Crippen LogP contribution in [0.4, 0.5) is 17.6 Å². The number of hydrogen-bond donors (Lipinski definition) is 0. The van der Waals surface area contributed by atoms with Gasteiger partial charge in [-0.2, -0.15) is 0 Å². The van der Waals surface area contributed by atoms with Crippen LogP contribution in [0.5, 0.6) is 0 Å². The lowest BCUT2D eigenvalue weighted by Crippen LogP contribution is -1.89. The van der Waals surface area contributed by atoms with Gasteiger partial charge in [-0.3, -0.25) is 0 Å². The Bertz CT molecular complexity index is 541. The number of hydrogen-bond acceptors (Lipinski definition) is 3. The monoisotopic (exact) mass is 334 g/mol. The molecule has 21 heavy (non-hydrogen) atoms. The molecule has 112 valence electrons. The molecule has 1 nitrogen and oxygen atoms in total. The minimum Gasteiger partial charge on any atom is -0.237 e. The van der Waals surface area contributed by atoms with Crippen molar-refractivity contribution in [2.45, 2.75) is 22.6 Å². The quantitative estimate of drug-likeness (QED) is 0.453. The van der Waals surface area contributed by atoms with Crippen LogP contribution in [0.1, 0.15) is 24.0 Å². The van der Waals surface area contributed by atoms with E-state index in [2.05, 4.69) is 0 Å². The van der Waals surface area contributed by atoms with E-state index in [0.29, 0.717) is 0 Å². The average Bonchev–Trinajstić information content (AvgIpc) is 2.48. The zero-order valence-corrected chi connectivity index (χ0v) is 12.1. The first-order chi connectivity index (χ1) is 10.1. The molecule has 0 amide bonds. The lowest BCUT2D eigenvalue weighted by atomic mass is 10.2. The summed E-state index contributed by atoms with van der Waals surface area (Å²) in [6, 6.07) is 11.8. The van der Waals surface area contributed by atoms with E-state index in [9.17, 15) is 17.6 Å². The highest BCUT2D eigenvalue weighted by Crippen LogP contribution is 2.37. The van der Waals surface area contributed by atoms with Crippen LogP contribution >= 0.6 is 24.1 Å². The van der Waals surface area contributed by atoms with Gasteiger partial charge in [0.2, 0.25) is 0 Å². The number of alkyl halides is 4. The molecule has 0 bridgehead atoms. The van der Waals surface area contributed by atoms with Crippen LogP contribution in [0, 0.1) is 0 Å². The fraction of sp³-hybridized carbons (Fsp3) is 0.143. The first-order valence-electron chi connectivity index (χ1n) is 5.85. The Morgan fingerprint density at radius 2 is 1.05 bits per heavy atom. The maximum atomic E-state index is 12.8. The van der Waals surface area contributed by atoms with Crippen molar-refractivity contribution in [1.82, 2.24) is 0 Å². The van der Waals surface area contributed by atoms with E-state index in [1.54, 1.807) is 12.1 Å². The highest BCUT2D eigenvalue weighted by molar-refractivity contribution is 8.08. The highest BCUT2D eigenvalue weighted by Gasteiger charge is 2.15. The first kappa shape index (κ1) is 16.2. The fourth-order valence-electron chi connectivity index (χ4n) is 1.56. The summed E-state index contributed by atoms with van der Waals surface area (Å²) >= 11 is 1.46. The van der Waals surface area contributed by atoms with Gasteiger partial charge in [0.15, 0.2) is 0 Å². The Hall–Kier alpha value is -1.18. The second-order valence-electron chi connectivity index (χ2n) is 3.91. The van der Waals surface area contributed by atoms with E-state index in [1.165, 1.54) is 36.4 Å². The molecule has 0 atom stereocenters. The summed E-state index contributed by atoms with van der Waals surface area (Å²) in [5, 5.41) is 0. The van der Waals surface area contributed by atoms with Crippen LogP contribution in [-0.4, -0.2) is 0 Å². The van der Waals surface area contributed by atoms with Crippen molar-refractivity contribution in [2.24, 2.45) is 0 Å². The van der Waals surface area contributed by atoms with Gasteiger partial charge in [-0.1, -0.05) is 36.4 Å². The van der Waals surface area contributed by atoms with Gasteiger partial charge in [0.1, 0.15) is 0 Å². The zero-order chi connectivity index (χ0) is 15.2. The minimum atomic E-state index is -2.62. The summed E-state index contributed by atoms with van der Waals surface area (Å²) < 4.78 is 56.2. The van der Waals surface area contributed by atoms with Gasteiger partial charge < -0.3 is 0 Å². The Morgan fingerprint density at radius 3 is 1.43 bits per heavy atom. The molecule has 2 aromatic rings. The second kappa shape index (κ2) is 7.72. The minimum absolute atomic E-state index is 0.148. The largest absolute Gasteiger partial charge is 0.265 e. The topological polar surface area (TPSA) is 9.23 Å². The molecule has 0 aliphatic rings. The standard InChI is InChI=1S/C14H10F4OS2/c15-13(16)9-5-1-3-7-11(9)20-19-21-12-8-4-2-6-10(12)14(17)18/h1-8,13-14H. The molecule has 0 N–H and O–H groups in total. The van der Waals surface area contributed by atoms with Crippen LogP contribution in [0.15, 0.2) is 58.3 Å². The van der Waals surface area contributed by atoms with Crippen LogP contribution in [0.3, 0.4) is 0 Å². The predicted molar refractivity (Wildman–Crippen MR) is 75.6 cm³/mol. The Morgan fingerprint density at radius 1 is 0.667 bits per heavy atom. The number of rotatable bonds is 6. The maximum Gasteiger partial charge on any atom is 0.265 e. The number of benzene rings is 2. The molecule has 0 unspecified atom stereocenters. The van der Waals surface area contributed by atoms with Crippen molar-refractivity contribution in [3.63, 3.8) is 0 Å². The van der Waals surface area contributed by atoms with E-state index in [4.69, 9.17) is 3.63 Å². The van der Waals surface area contributed by atoms with Crippen LogP contribution in [0.2, 0.25) is 0 Å². The highest BCUT2D eigenvalue weighted by atomic mass is 32.2. The molecule has 0 aliphatic heterocycles. The summed E-state index contributed by atoms with van der Waals surface area (Å²) in [7, 11) is 0. The Labute approximate surface area is 128 Å². The number of halogens is 4. The normalized spacial score (nSPS) is 11.3. The van der Waals surface area contributed by atoms with Crippen molar-refractivity contribution in [3.05, 3.63) is 59.7 Å². The smallest absolute Gasteiger partial charge is 0.237 e. The Balaban J connectivity index is 2.03. The van der Waals surface area contributed by atoms with Gasteiger partial charge in [-0.15, -0.1) is 0 Å². The lowest BCUT2D eigenvalue weighted by Gasteiger charge is -2.09. The van der Waals surface area contributed by atoms with Gasteiger partial charge in [-0.25, -0.2) is 21.2 Å². The molecule has 0 fully saturated rings. The molecular formula is C14H10F4OS2. The van der Waals surface area contributed by atoms with E-state index >= 15 is 0 Å². The zero-order valence-electron chi connectivity index (χ0n) is 10.5. The van der Waals surface area contributed by atoms with Gasteiger partial charge in [0.25, 0.3) is 12.9 Å². The molecule has 0 radical (unpaired) electrons. The second-order valence-corrected chi connectivity index (χ2v) is 5.67. The molecule has 0 saturated heterocycles. The van der Waals surface area contributed by atoms with Gasteiger partial charge in [0, 0.05) is 45.0 Å². The van der Waals surface area contributed by atoms with Crippen molar-refractivity contribution in [1.29, 1.82) is 0 Å². The lowest BCUT2D eigenvalue weighted by molar-refractivity contribution is 0.148. The Kier molecular flexibility index (Phi) is 5.96. The van der Waals surface area contributed by atoms with E-state index in [0.717, 1.165) is 24.1 Å². The molecule has 0 saturated carbocycles. The molecule has 2 rings (SSSR count). The molecule has 2 aromatic carbocycles. The third kappa shape index (κ3) is 4.39.